The third-order valence-electron chi connectivity index (χ3n) is 14.8. The molecule has 0 saturated carbocycles. The van der Waals surface area contributed by atoms with Gasteiger partial charge in [-0.1, -0.05) is 148 Å². The molecule has 4 atom stereocenters. The van der Waals surface area contributed by atoms with Gasteiger partial charge in [0, 0.05) is 31.6 Å². The standard InChI is InChI=1S/C57H64N2O5Si/c1-39-32-42(33-40(2)54(39)60)34-44(43-20-12-7-13-21-43)26-27-51-52-45(37-64-65(57(3,4)5,47-22-14-8-15-23-47)48-24-16-9-17-25-48)35-49-53(50(52)38-63-51)56(62)59(55(49)61)46-28-30-58(31-29-46)36-41-18-10-6-11-19-41/h6-25,32-34,46,49-51,53,60H,26-31,35-38H2,1-5H3/b44-34-/t49-,50+,51-,53-/m1/s1. The topological polar surface area (TPSA) is 79.3 Å². The minimum absolute atomic E-state index is 0.0110. The summed E-state index contributed by atoms with van der Waals surface area (Å²) in [4.78, 5) is 33.9. The van der Waals surface area contributed by atoms with Crippen LogP contribution in [0.3, 0.4) is 0 Å². The average Bonchev–Trinajstić information content (AvgIpc) is 3.85. The van der Waals surface area contributed by atoms with Gasteiger partial charge in [-0.2, -0.15) is 0 Å². The van der Waals surface area contributed by atoms with Crippen molar-refractivity contribution < 1.29 is 23.9 Å². The number of hydrogen-bond donors (Lipinski definition) is 1. The number of phenolic OH excluding ortho intramolecular Hbond substituents is 1. The van der Waals surface area contributed by atoms with Crippen LogP contribution in [-0.2, 0) is 25.3 Å². The Balaban J connectivity index is 1.05. The van der Waals surface area contributed by atoms with Gasteiger partial charge in [0.2, 0.25) is 11.8 Å². The molecule has 4 aliphatic rings. The highest BCUT2D eigenvalue weighted by Gasteiger charge is 2.59. The number of ether oxygens (including phenoxy) is 1. The maximum Gasteiger partial charge on any atom is 0.261 e. The molecule has 5 aromatic rings. The second-order valence-corrected chi connectivity index (χ2v) is 24.2. The molecule has 9 rings (SSSR count). The first-order valence-electron chi connectivity index (χ1n) is 23.7. The number of piperidine rings is 1. The lowest BCUT2D eigenvalue weighted by Gasteiger charge is -2.44. The monoisotopic (exact) mass is 884 g/mol. The third kappa shape index (κ3) is 8.86. The smallest absolute Gasteiger partial charge is 0.261 e. The van der Waals surface area contributed by atoms with Crippen molar-refractivity contribution in [1.29, 1.82) is 0 Å². The fourth-order valence-electron chi connectivity index (χ4n) is 11.6. The normalized spacial score (nSPS) is 22.1. The number of benzene rings is 5. The van der Waals surface area contributed by atoms with E-state index < -0.39 is 20.2 Å². The number of nitrogens with zero attached hydrogens (tertiary/aromatic N) is 2. The van der Waals surface area contributed by atoms with Crippen molar-refractivity contribution in [3.63, 3.8) is 0 Å². The van der Waals surface area contributed by atoms with E-state index in [2.05, 4.69) is 141 Å². The van der Waals surface area contributed by atoms with Crippen LogP contribution >= 0.6 is 0 Å². The van der Waals surface area contributed by atoms with Crippen molar-refractivity contribution in [2.75, 3.05) is 26.3 Å². The van der Waals surface area contributed by atoms with Crippen LogP contribution in [0.2, 0.25) is 5.04 Å². The lowest BCUT2D eigenvalue weighted by atomic mass is 9.69. The highest BCUT2D eigenvalue weighted by Crippen LogP contribution is 2.51. The van der Waals surface area contributed by atoms with E-state index in [0.29, 0.717) is 31.8 Å². The number of carbonyl (C=O) groups is 2. The number of aromatic hydroxyl groups is 1. The summed E-state index contributed by atoms with van der Waals surface area (Å²) in [5, 5.41) is 12.8. The SMILES string of the molecule is Cc1cc(/C=C(/CC[C@H]2OC[C@H]3C2=C(CO[Si](c2ccccc2)(c2ccccc2)C(C)(C)C)C[C@H]2C(=O)N(C4CCN(Cc5ccccc5)CC4)C(=O)[C@H]23)c2ccccc2)cc(C)c1O. The molecule has 1 N–H and O–H groups in total. The lowest BCUT2D eigenvalue weighted by molar-refractivity contribution is -0.144. The van der Waals surface area contributed by atoms with Gasteiger partial charge in [-0.15, -0.1) is 0 Å². The zero-order valence-electron chi connectivity index (χ0n) is 38.7. The first kappa shape index (κ1) is 44.8. The number of fused-ring (bicyclic) bond motifs is 3. The summed E-state index contributed by atoms with van der Waals surface area (Å²) in [6, 6.07) is 46.5. The Hall–Kier alpha value is -5.38. The molecule has 3 fully saturated rings. The van der Waals surface area contributed by atoms with Crippen molar-refractivity contribution in [3.8, 4) is 5.75 Å². The molecule has 3 heterocycles. The molecule has 0 aromatic heterocycles. The Morgan fingerprint density at radius 2 is 1.35 bits per heavy atom. The molecule has 1 aliphatic carbocycles. The molecule has 7 nitrogen and oxygen atoms in total. The quantitative estimate of drug-likeness (QED) is 0.0550. The summed E-state index contributed by atoms with van der Waals surface area (Å²) >= 11 is 0. The maximum absolute atomic E-state index is 14.9. The number of allylic oxidation sites excluding steroid dienone is 1. The zero-order valence-corrected chi connectivity index (χ0v) is 39.7. The molecule has 0 radical (unpaired) electrons. The van der Waals surface area contributed by atoms with Crippen LogP contribution in [0, 0.1) is 31.6 Å². The van der Waals surface area contributed by atoms with Gasteiger partial charge in [0.15, 0.2) is 0 Å². The number of rotatable bonds is 13. The molecule has 65 heavy (non-hydrogen) atoms. The van der Waals surface area contributed by atoms with E-state index in [1.54, 1.807) is 4.90 Å². The predicted molar refractivity (Wildman–Crippen MR) is 263 cm³/mol. The van der Waals surface area contributed by atoms with Crippen LogP contribution in [-0.4, -0.2) is 73.5 Å². The van der Waals surface area contributed by atoms with Gasteiger partial charge in [-0.05, 0) is 118 Å². The molecule has 3 aliphatic heterocycles. The first-order chi connectivity index (χ1) is 31.4. The minimum Gasteiger partial charge on any atom is -0.507 e. The van der Waals surface area contributed by atoms with Crippen molar-refractivity contribution in [2.45, 2.75) is 90.5 Å². The maximum atomic E-state index is 14.9. The fraction of sp³-hybridized carbons (Fsp3) is 0.368. The number of likely N-dealkylation sites (tertiary alicyclic amines) is 2. The summed E-state index contributed by atoms with van der Waals surface area (Å²) in [5.41, 5.74) is 8.64. The summed E-state index contributed by atoms with van der Waals surface area (Å²) in [7, 11) is -2.94. The zero-order chi connectivity index (χ0) is 45.3. The molecule has 8 heteroatoms. The van der Waals surface area contributed by atoms with Crippen molar-refractivity contribution in [2.24, 2.45) is 17.8 Å². The van der Waals surface area contributed by atoms with Gasteiger partial charge in [0.25, 0.3) is 8.32 Å². The average molecular weight is 885 g/mol. The van der Waals surface area contributed by atoms with Crippen LogP contribution in [0.5, 0.6) is 5.75 Å². The summed E-state index contributed by atoms with van der Waals surface area (Å²) < 4.78 is 14.5. The van der Waals surface area contributed by atoms with Gasteiger partial charge >= 0.3 is 0 Å². The third-order valence-corrected chi connectivity index (χ3v) is 19.8. The molecule has 0 unspecified atom stereocenters. The first-order valence-corrected chi connectivity index (χ1v) is 25.6. The minimum atomic E-state index is -2.94. The molecule has 0 bridgehead atoms. The van der Waals surface area contributed by atoms with Gasteiger partial charge in [0.1, 0.15) is 5.75 Å². The molecular formula is C57H64N2O5Si. The van der Waals surface area contributed by atoms with Crippen LogP contribution < -0.4 is 10.4 Å². The van der Waals surface area contributed by atoms with Crippen LogP contribution in [0.1, 0.15) is 80.7 Å². The van der Waals surface area contributed by atoms with Gasteiger partial charge in [-0.25, -0.2) is 0 Å². The van der Waals surface area contributed by atoms with Crippen molar-refractivity contribution in [1.82, 2.24) is 9.80 Å². The van der Waals surface area contributed by atoms with Crippen molar-refractivity contribution >= 4 is 42.2 Å². The number of phenols is 1. The number of amides is 2. The Labute approximate surface area is 386 Å². The van der Waals surface area contributed by atoms with Crippen LogP contribution in [0.4, 0.5) is 0 Å². The number of imide groups is 1. The van der Waals surface area contributed by atoms with E-state index in [0.717, 1.165) is 66.7 Å². The largest absolute Gasteiger partial charge is 0.507 e. The fourth-order valence-corrected chi connectivity index (χ4v) is 16.2. The lowest BCUT2D eigenvalue weighted by Crippen LogP contribution is -2.66. The van der Waals surface area contributed by atoms with Gasteiger partial charge < -0.3 is 14.3 Å². The Morgan fingerprint density at radius 1 is 0.785 bits per heavy atom. The van der Waals surface area contributed by atoms with Gasteiger partial charge in [0.05, 0.1) is 31.2 Å². The summed E-state index contributed by atoms with van der Waals surface area (Å²) in [6.45, 7) is 14.1. The van der Waals surface area contributed by atoms with Gasteiger partial charge in [-0.3, -0.25) is 19.4 Å². The predicted octanol–water partition coefficient (Wildman–Crippen LogP) is 9.89. The van der Waals surface area contributed by atoms with E-state index >= 15 is 0 Å². The van der Waals surface area contributed by atoms with Crippen molar-refractivity contribution in [3.05, 3.63) is 172 Å². The number of aryl methyl sites for hydroxylation is 2. The van der Waals surface area contributed by atoms with E-state index in [9.17, 15) is 14.7 Å². The van der Waals surface area contributed by atoms with E-state index in [1.165, 1.54) is 27.1 Å². The molecule has 3 saturated heterocycles. The molecule has 2 amide bonds. The Kier molecular flexibility index (Phi) is 13.0. The number of carbonyl (C=O) groups excluding carboxylic acids is 2. The second kappa shape index (κ2) is 18.8. The Morgan fingerprint density at radius 3 is 1.94 bits per heavy atom. The van der Waals surface area contributed by atoms with Crippen LogP contribution in [0.15, 0.2) is 145 Å². The molecule has 0 spiro atoms. The van der Waals surface area contributed by atoms with Crippen LogP contribution in [0.25, 0.3) is 11.6 Å². The summed E-state index contributed by atoms with van der Waals surface area (Å²) in [6.07, 6.45) is 5.53. The molecule has 5 aromatic carbocycles. The summed E-state index contributed by atoms with van der Waals surface area (Å²) in [5.74, 6) is -0.754. The molecular weight excluding hydrogens is 821 g/mol. The van der Waals surface area contributed by atoms with E-state index in [-0.39, 0.29) is 34.9 Å². The molecule has 336 valence electrons. The highest BCUT2D eigenvalue weighted by molar-refractivity contribution is 6.99. The second-order valence-electron chi connectivity index (χ2n) is 19.9. The van der Waals surface area contributed by atoms with E-state index in [4.69, 9.17) is 9.16 Å². The highest BCUT2D eigenvalue weighted by atomic mass is 28.4. The Bertz CT molecular complexity index is 2480. The number of hydrogen-bond acceptors (Lipinski definition) is 6. The van der Waals surface area contributed by atoms with E-state index in [1.807, 2.05) is 38.1 Å².